The molecule has 2 aliphatic heterocycles. The van der Waals surface area contributed by atoms with Gasteiger partial charge in [0, 0.05) is 44.1 Å². The van der Waals surface area contributed by atoms with Gasteiger partial charge in [-0.25, -0.2) is 14.8 Å². The van der Waals surface area contributed by atoms with E-state index < -0.39 is 18.0 Å². The lowest BCUT2D eigenvalue weighted by molar-refractivity contribution is -0.142. The van der Waals surface area contributed by atoms with E-state index in [2.05, 4.69) is 19.6 Å². The van der Waals surface area contributed by atoms with Gasteiger partial charge < -0.3 is 28.5 Å². The molecule has 5 heterocycles. The van der Waals surface area contributed by atoms with Gasteiger partial charge in [-0.3, -0.25) is 9.20 Å². The van der Waals surface area contributed by atoms with Crippen molar-refractivity contribution in [1.29, 1.82) is 0 Å². The third-order valence-corrected chi connectivity index (χ3v) is 6.85. The number of aromatic nitrogens is 4. The Labute approximate surface area is 230 Å². The topological polar surface area (TPSA) is 125 Å². The number of rotatable bonds is 5. The molecule has 0 spiro atoms. The molecule has 3 aromatic heterocycles. The van der Waals surface area contributed by atoms with Gasteiger partial charge in [-0.15, -0.1) is 0 Å². The van der Waals surface area contributed by atoms with Crippen LogP contribution in [0.3, 0.4) is 0 Å². The fourth-order valence-electron chi connectivity index (χ4n) is 4.60. The van der Waals surface area contributed by atoms with Crippen molar-refractivity contribution >= 4 is 17.6 Å². The lowest BCUT2D eigenvalue weighted by Gasteiger charge is -2.36. The van der Waals surface area contributed by atoms with E-state index in [1.165, 1.54) is 23.0 Å². The minimum atomic E-state index is -4.71. The molecule has 0 aliphatic carbocycles. The SMILES string of the molecule is Cc1cc(Oc2nccn3c(-c4conc4C(F)(F)F)cnc23)ccc1C(=O)N1CCN(C(=O)OC2COC2)CC1. The number of amides is 2. The molecule has 2 saturated heterocycles. The molecule has 0 atom stereocenters. The molecule has 0 unspecified atom stereocenters. The van der Waals surface area contributed by atoms with Crippen LogP contribution in [0.5, 0.6) is 11.6 Å². The fourth-order valence-corrected chi connectivity index (χ4v) is 4.60. The fraction of sp³-hybridized carbons (Fsp3) is 0.346. The summed E-state index contributed by atoms with van der Waals surface area (Å²) in [4.78, 5) is 37.1. The number of aryl methyl sites for hydroxylation is 1. The Hall–Kier alpha value is -4.66. The minimum absolute atomic E-state index is 0.0544. The number of hydrogen-bond donors (Lipinski definition) is 0. The highest BCUT2D eigenvalue weighted by atomic mass is 19.4. The maximum atomic E-state index is 13.4. The highest BCUT2D eigenvalue weighted by Crippen LogP contribution is 2.37. The van der Waals surface area contributed by atoms with E-state index in [0.717, 1.165) is 6.26 Å². The zero-order valence-electron chi connectivity index (χ0n) is 21.6. The van der Waals surface area contributed by atoms with E-state index in [1.807, 2.05) is 0 Å². The minimum Gasteiger partial charge on any atom is -0.441 e. The van der Waals surface area contributed by atoms with Gasteiger partial charge in [-0.2, -0.15) is 13.2 Å². The number of alkyl halides is 3. The van der Waals surface area contributed by atoms with Crippen LogP contribution in [-0.4, -0.2) is 86.8 Å². The number of fused-ring (bicyclic) bond motifs is 1. The van der Waals surface area contributed by atoms with E-state index in [1.54, 1.807) is 34.9 Å². The lowest BCUT2D eigenvalue weighted by Crippen LogP contribution is -2.52. The molecular weight excluding hydrogens is 549 g/mol. The second kappa shape index (κ2) is 10.4. The van der Waals surface area contributed by atoms with Crippen molar-refractivity contribution in [2.45, 2.75) is 19.2 Å². The number of piperazine rings is 1. The van der Waals surface area contributed by atoms with Crippen LogP contribution in [0, 0.1) is 6.92 Å². The van der Waals surface area contributed by atoms with Crippen molar-refractivity contribution < 1.29 is 41.5 Å². The summed E-state index contributed by atoms with van der Waals surface area (Å²) in [5, 5.41) is 3.09. The van der Waals surface area contributed by atoms with E-state index in [0.29, 0.717) is 56.3 Å². The molecule has 0 N–H and O–H groups in total. The van der Waals surface area contributed by atoms with Gasteiger partial charge in [0.2, 0.25) is 5.65 Å². The van der Waals surface area contributed by atoms with E-state index >= 15 is 0 Å². The standard InChI is InChI=1S/C26H23F3N6O6/c1-15-10-16(2-3-18(15)24(36)33-6-8-34(9-7-33)25(37)41-17-12-38-13-17)40-23-22-31-11-20(35(22)5-4-30-23)19-14-39-32-21(19)26(27,28)29/h2-5,10-11,14,17H,6-9,12-13H2,1H3. The largest absolute Gasteiger partial charge is 0.441 e. The van der Waals surface area contributed by atoms with Crippen molar-refractivity contribution in [3.05, 3.63) is 59.9 Å². The summed E-state index contributed by atoms with van der Waals surface area (Å²) in [7, 11) is 0. The third-order valence-electron chi connectivity index (χ3n) is 6.85. The number of hydrogen-bond acceptors (Lipinski definition) is 9. The maximum Gasteiger partial charge on any atom is 0.437 e. The highest BCUT2D eigenvalue weighted by Gasteiger charge is 2.39. The van der Waals surface area contributed by atoms with Crippen molar-refractivity contribution in [3.63, 3.8) is 0 Å². The summed E-state index contributed by atoms with van der Waals surface area (Å²) in [5.41, 5.74) is -0.0404. The van der Waals surface area contributed by atoms with Gasteiger partial charge in [0.15, 0.2) is 11.8 Å². The van der Waals surface area contributed by atoms with Crippen molar-refractivity contribution in [2.75, 3.05) is 39.4 Å². The van der Waals surface area contributed by atoms with Crippen LogP contribution in [0.25, 0.3) is 16.9 Å². The second-order valence-corrected chi connectivity index (χ2v) is 9.55. The van der Waals surface area contributed by atoms with Gasteiger partial charge in [-0.05, 0) is 30.7 Å². The number of nitrogens with zero attached hydrogens (tertiary/aromatic N) is 6. The van der Waals surface area contributed by atoms with Crippen molar-refractivity contribution in [3.8, 4) is 22.9 Å². The van der Waals surface area contributed by atoms with Gasteiger partial charge >= 0.3 is 12.3 Å². The molecule has 2 amide bonds. The van der Waals surface area contributed by atoms with Gasteiger partial charge in [0.1, 0.15) is 12.0 Å². The molecule has 2 aliphatic rings. The zero-order valence-corrected chi connectivity index (χ0v) is 21.6. The molecule has 6 rings (SSSR count). The average molecular weight is 572 g/mol. The van der Waals surface area contributed by atoms with E-state index in [4.69, 9.17) is 14.2 Å². The highest BCUT2D eigenvalue weighted by molar-refractivity contribution is 5.96. The van der Waals surface area contributed by atoms with Crippen molar-refractivity contribution in [1.82, 2.24) is 29.3 Å². The number of carbonyl (C=O) groups excluding carboxylic acids is 2. The third kappa shape index (κ3) is 5.15. The molecule has 4 aromatic rings. The smallest absolute Gasteiger partial charge is 0.437 e. The summed E-state index contributed by atoms with van der Waals surface area (Å²) < 4.78 is 62.3. The first kappa shape index (κ1) is 26.6. The predicted octanol–water partition coefficient (Wildman–Crippen LogP) is 3.80. The van der Waals surface area contributed by atoms with Gasteiger partial charge in [0.05, 0.1) is 30.7 Å². The molecule has 0 saturated carbocycles. The maximum absolute atomic E-state index is 13.4. The van der Waals surface area contributed by atoms with Crippen molar-refractivity contribution in [2.24, 2.45) is 0 Å². The molecule has 214 valence electrons. The number of imidazole rings is 1. The average Bonchev–Trinajstić information content (AvgIpc) is 3.58. The molecule has 41 heavy (non-hydrogen) atoms. The van der Waals surface area contributed by atoms with Crippen LogP contribution in [0.2, 0.25) is 0 Å². The lowest BCUT2D eigenvalue weighted by atomic mass is 10.1. The Morgan fingerprint density at radius 2 is 1.83 bits per heavy atom. The number of halogens is 3. The van der Waals surface area contributed by atoms with Gasteiger partial charge in [0.25, 0.3) is 11.8 Å². The van der Waals surface area contributed by atoms with Crippen LogP contribution < -0.4 is 4.74 Å². The summed E-state index contributed by atoms with van der Waals surface area (Å²) in [5.74, 6) is 0.234. The Morgan fingerprint density at radius 3 is 2.51 bits per heavy atom. The molecule has 1 aromatic carbocycles. The van der Waals surface area contributed by atoms with Crippen LogP contribution >= 0.6 is 0 Å². The quantitative estimate of drug-likeness (QED) is 0.351. The first-order valence-corrected chi connectivity index (χ1v) is 12.6. The van der Waals surface area contributed by atoms with Crippen LogP contribution in [-0.2, 0) is 15.7 Å². The van der Waals surface area contributed by atoms with Gasteiger partial charge in [-0.1, -0.05) is 5.16 Å². The Kier molecular flexibility index (Phi) is 6.73. The number of benzene rings is 1. The van der Waals surface area contributed by atoms with Crippen LogP contribution in [0.15, 0.2) is 47.6 Å². The Morgan fingerprint density at radius 1 is 1.07 bits per heavy atom. The summed E-state index contributed by atoms with van der Waals surface area (Å²) >= 11 is 0. The number of carbonyl (C=O) groups is 2. The molecule has 0 radical (unpaired) electrons. The zero-order chi connectivity index (χ0) is 28.7. The molecule has 0 bridgehead atoms. The molecule has 15 heteroatoms. The first-order chi connectivity index (χ1) is 19.7. The second-order valence-electron chi connectivity index (χ2n) is 9.55. The van der Waals surface area contributed by atoms with E-state index in [-0.39, 0.29) is 34.8 Å². The summed E-state index contributed by atoms with van der Waals surface area (Å²) in [6, 6.07) is 4.90. The predicted molar refractivity (Wildman–Crippen MR) is 133 cm³/mol. The van der Waals surface area contributed by atoms with Crippen LogP contribution in [0.1, 0.15) is 21.6 Å². The Bertz CT molecular complexity index is 1610. The summed E-state index contributed by atoms with van der Waals surface area (Å²) in [6.45, 7) is 4.03. The number of ether oxygens (including phenoxy) is 3. The molecular formula is C26H23F3N6O6. The van der Waals surface area contributed by atoms with Crippen LogP contribution in [0.4, 0.5) is 18.0 Å². The van der Waals surface area contributed by atoms with E-state index in [9.17, 15) is 22.8 Å². The first-order valence-electron chi connectivity index (χ1n) is 12.6. The molecule has 12 nitrogen and oxygen atoms in total. The molecule has 2 fully saturated rings. The normalized spacial score (nSPS) is 16.1. The monoisotopic (exact) mass is 572 g/mol. The summed E-state index contributed by atoms with van der Waals surface area (Å²) in [6.07, 6.45) is -0.346. The Balaban J connectivity index is 1.15.